The highest BCUT2D eigenvalue weighted by Gasteiger charge is 2.42. The monoisotopic (exact) mass is 233 g/mol. The zero-order chi connectivity index (χ0) is 12.6. The molecular weight excluding hydrogens is 218 g/mol. The second kappa shape index (κ2) is 4.18. The molecule has 0 bridgehead atoms. The molecule has 1 saturated heterocycles. The van der Waals surface area contributed by atoms with Crippen molar-refractivity contribution in [2.75, 3.05) is 14.1 Å². The van der Waals surface area contributed by atoms with Gasteiger partial charge in [-0.05, 0) is 5.56 Å². The number of likely N-dealkylation sites (N-methyl/N-ethyl adjacent to an activating group) is 2. The van der Waals surface area contributed by atoms with Crippen LogP contribution in [0.3, 0.4) is 0 Å². The summed E-state index contributed by atoms with van der Waals surface area (Å²) >= 11 is 0. The van der Waals surface area contributed by atoms with Gasteiger partial charge in [-0.2, -0.15) is 0 Å². The molecule has 2 N–H and O–H groups in total. The predicted molar refractivity (Wildman–Crippen MR) is 62.7 cm³/mol. The van der Waals surface area contributed by atoms with E-state index in [0.29, 0.717) is 0 Å². The minimum atomic E-state index is -0.814. The van der Waals surface area contributed by atoms with Crippen LogP contribution in [0.25, 0.3) is 0 Å². The van der Waals surface area contributed by atoms with E-state index in [2.05, 4.69) is 0 Å². The van der Waals surface area contributed by atoms with Crippen molar-refractivity contribution in [3.05, 3.63) is 35.9 Å². The Morgan fingerprint density at radius 2 is 1.53 bits per heavy atom. The largest absolute Gasteiger partial charge is 0.319 e. The number of hydrazine groups is 1. The molecule has 2 atom stereocenters. The van der Waals surface area contributed by atoms with Gasteiger partial charge < -0.3 is 5.73 Å². The van der Waals surface area contributed by atoms with Crippen LogP contribution in [-0.2, 0) is 9.59 Å². The quantitative estimate of drug-likeness (QED) is 0.739. The first-order valence-corrected chi connectivity index (χ1v) is 5.39. The predicted octanol–water partition coefficient (Wildman–Crippen LogP) is -0.0571. The van der Waals surface area contributed by atoms with E-state index in [9.17, 15) is 9.59 Å². The first kappa shape index (κ1) is 11.6. The molecule has 1 aliphatic rings. The second-order valence-corrected chi connectivity index (χ2v) is 4.14. The standard InChI is InChI=1S/C12H15N3O2/c1-14-11(16)9(8-6-4-3-5-7-8)10(13)12(17)15(14)2/h3-7,9-10H,13H2,1-2H3/t9-,10-/m1/s1. The van der Waals surface area contributed by atoms with E-state index in [-0.39, 0.29) is 11.8 Å². The topological polar surface area (TPSA) is 66.6 Å². The third-order valence-corrected chi connectivity index (χ3v) is 3.16. The summed E-state index contributed by atoms with van der Waals surface area (Å²) in [5.74, 6) is -1.00. The lowest BCUT2D eigenvalue weighted by atomic mass is 9.89. The summed E-state index contributed by atoms with van der Waals surface area (Å²) in [5.41, 5.74) is 6.64. The van der Waals surface area contributed by atoms with Crippen molar-refractivity contribution in [3.8, 4) is 0 Å². The molecule has 1 fully saturated rings. The molecule has 1 aromatic carbocycles. The number of carbonyl (C=O) groups is 2. The number of carbonyl (C=O) groups excluding carboxylic acids is 2. The summed E-state index contributed by atoms with van der Waals surface area (Å²) in [5, 5.41) is 2.57. The Kier molecular flexibility index (Phi) is 2.85. The molecule has 1 aromatic rings. The molecule has 1 heterocycles. The number of nitrogens with two attached hydrogens (primary N) is 1. The highest BCUT2D eigenvalue weighted by molar-refractivity contribution is 5.97. The molecule has 90 valence electrons. The SMILES string of the molecule is CN1C(=O)[C@H](c2ccccc2)[C@@H](N)C(=O)N1C. The molecule has 1 aliphatic heterocycles. The Hall–Kier alpha value is -1.88. The Morgan fingerprint density at radius 1 is 1.00 bits per heavy atom. The Labute approximate surface area is 99.8 Å². The third-order valence-electron chi connectivity index (χ3n) is 3.16. The molecule has 0 radical (unpaired) electrons. The van der Waals surface area contributed by atoms with E-state index in [1.54, 1.807) is 14.1 Å². The normalized spacial score (nSPS) is 25.4. The van der Waals surface area contributed by atoms with Crippen LogP contribution in [0.5, 0.6) is 0 Å². The zero-order valence-electron chi connectivity index (χ0n) is 9.83. The summed E-state index contributed by atoms with van der Waals surface area (Å²) in [4.78, 5) is 24.0. The summed E-state index contributed by atoms with van der Waals surface area (Å²) < 4.78 is 0. The summed E-state index contributed by atoms with van der Waals surface area (Å²) in [6.45, 7) is 0. The number of benzene rings is 1. The minimum absolute atomic E-state index is 0.161. The van der Waals surface area contributed by atoms with Crippen molar-refractivity contribution >= 4 is 11.8 Å². The highest BCUT2D eigenvalue weighted by Crippen LogP contribution is 2.26. The smallest absolute Gasteiger partial charge is 0.258 e. The van der Waals surface area contributed by atoms with Crippen LogP contribution in [0.15, 0.2) is 30.3 Å². The van der Waals surface area contributed by atoms with E-state index in [4.69, 9.17) is 5.73 Å². The van der Waals surface area contributed by atoms with Crippen LogP contribution in [0, 0.1) is 0 Å². The van der Waals surface area contributed by atoms with Gasteiger partial charge in [0.15, 0.2) is 0 Å². The van der Waals surface area contributed by atoms with Crippen molar-refractivity contribution in [2.45, 2.75) is 12.0 Å². The lowest BCUT2D eigenvalue weighted by Gasteiger charge is -2.40. The van der Waals surface area contributed by atoms with Gasteiger partial charge in [0.25, 0.3) is 11.8 Å². The molecule has 17 heavy (non-hydrogen) atoms. The van der Waals surface area contributed by atoms with Gasteiger partial charge in [0, 0.05) is 14.1 Å². The number of hydrogen-bond acceptors (Lipinski definition) is 3. The molecule has 0 aliphatic carbocycles. The first-order valence-electron chi connectivity index (χ1n) is 5.39. The van der Waals surface area contributed by atoms with Crippen LogP contribution in [0.2, 0.25) is 0 Å². The van der Waals surface area contributed by atoms with Crippen LogP contribution in [0.1, 0.15) is 11.5 Å². The van der Waals surface area contributed by atoms with E-state index in [1.165, 1.54) is 10.0 Å². The number of hydrogen-bond donors (Lipinski definition) is 1. The highest BCUT2D eigenvalue weighted by atomic mass is 16.2. The molecule has 0 saturated carbocycles. The number of nitrogens with zero attached hydrogens (tertiary/aromatic N) is 2. The molecule has 5 heteroatoms. The van der Waals surface area contributed by atoms with E-state index < -0.39 is 12.0 Å². The average Bonchev–Trinajstić information content (AvgIpc) is 2.36. The van der Waals surface area contributed by atoms with Gasteiger partial charge in [-0.15, -0.1) is 0 Å². The lowest BCUT2D eigenvalue weighted by molar-refractivity contribution is -0.168. The first-order chi connectivity index (χ1) is 8.04. The fraction of sp³-hybridized carbons (Fsp3) is 0.333. The number of amides is 2. The van der Waals surface area contributed by atoms with Crippen molar-refractivity contribution < 1.29 is 9.59 Å². The van der Waals surface area contributed by atoms with Crippen molar-refractivity contribution in [1.29, 1.82) is 0 Å². The molecule has 5 nitrogen and oxygen atoms in total. The molecule has 0 aromatic heterocycles. The molecule has 0 unspecified atom stereocenters. The third kappa shape index (κ3) is 1.78. The maximum Gasteiger partial charge on any atom is 0.258 e. The Bertz CT molecular complexity index is 446. The minimum Gasteiger partial charge on any atom is -0.319 e. The molecular formula is C12H15N3O2. The summed E-state index contributed by atoms with van der Waals surface area (Å²) in [6.07, 6.45) is 0. The molecule has 2 rings (SSSR count). The fourth-order valence-electron chi connectivity index (χ4n) is 2.02. The van der Waals surface area contributed by atoms with Gasteiger partial charge in [-0.25, -0.2) is 0 Å². The van der Waals surface area contributed by atoms with Gasteiger partial charge in [0.1, 0.15) is 6.04 Å². The van der Waals surface area contributed by atoms with E-state index in [1.807, 2.05) is 30.3 Å². The van der Waals surface area contributed by atoms with Gasteiger partial charge in [0.2, 0.25) is 0 Å². The molecule has 0 spiro atoms. The second-order valence-electron chi connectivity index (χ2n) is 4.14. The molecule has 2 amide bonds. The zero-order valence-corrected chi connectivity index (χ0v) is 9.83. The Morgan fingerprint density at radius 3 is 2.12 bits per heavy atom. The van der Waals surface area contributed by atoms with Crippen LogP contribution in [-0.4, -0.2) is 42.0 Å². The van der Waals surface area contributed by atoms with E-state index >= 15 is 0 Å². The van der Waals surface area contributed by atoms with E-state index in [0.717, 1.165) is 5.56 Å². The van der Waals surface area contributed by atoms with Crippen LogP contribution in [0.4, 0.5) is 0 Å². The maximum absolute atomic E-state index is 12.1. The summed E-state index contributed by atoms with van der Waals surface area (Å²) in [6, 6.07) is 8.34. The Balaban J connectivity index is 2.40. The van der Waals surface area contributed by atoms with Crippen LogP contribution >= 0.6 is 0 Å². The van der Waals surface area contributed by atoms with Gasteiger partial charge in [0.05, 0.1) is 5.92 Å². The maximum atomic E-state index is 12.1. The van der Waals surface area contributed by atoms with Gasteiger partial charge in [-0.3, -0.25) is 19.6 Å². The van der Waals surface area contributed by atoms with Crippen LogP contribution < -0.4 is 5.73 Å². The van der Waals surface area contributed by atoms with Crippen molar-refractivity contribution in [1.82, 2.24) is 10.0 Å². The average molecular weight is 233 g/mol. The van der Waals surface area contributed by atoms with Crippen molar-refractivity contribution in [2.24, 2.45) is 5.73 Å². The summed E-state index contributed by atoms with van der Waals surface area (Å²) in [7, 11) is 3.11. The number of rotatable bonds is 1. The van der Waals surface area contributed by atoms with Gasteiger partial charge >= 0.3 is 0 Å². The van der Waals surface area contributed by atoms with Gasteiger partial charge in [-0.1, -0.05) is 30.3 Å². The fourth-order valence-corrected chi connectivity index (χ4v) is 2.02. The lowest BCUT2D eigenvalue weighted by Crippen LogP contribution is -2.61. The van der Waals surface area contributed by atoms with Crippen molar-refractivity contribution in [3.63, 3.8) is 0 Å².